The fraction of sp³-hybridized carbons (Fsp3) is 0.120. The minimum atomic E-state index is -0.501. The molecule has 1 amide bonds. The van der Waals surface area contributed by atoms with Crippen LogP contribution in [0, 0.1) is 0 Å². The van der Waals surface area contributed by atoms with Crippen molar-refractivity contribution in [2.75, 3.05) is 24.3 Å². The fourth-order valence-electron chi connectivity index (χ4n) is 3.15. The molecule has 0 atom stereocenters. The molecule has 0 radical (unpaired) electrons. The number of hydrogen-bond acceptors (Lipinski definition) is 6. The van der Waals surface area contributed by atoms with E-state index in [1.807, 2.05) is 95.6 Å². The highest BCUT2D eigenvalue weighted by atomic mass is 32.2. The van der Waals surface area contributed by atoms with E-state index in [0.717, 1.165) is 16.9 Å². The molecule has 0 fully saturated rings. The molecule has 4 rings (SSSR count). The molecule has 0 saturated heterocycles. The Morgan fingerprint density at radius 2 is 1.48 bits per heavy atom. The van der Waals surface area contributed by atoms with Gasteiger partial charge in [0.1, 0.15) is 0 Å². The Kier molecular flexibility index (Phi) is 7.16. The number of amides is 1. The van der Waals surface area contributed by atoms with Crippen molar-refractivity contribution < 1.29 is 14.3 Å². The second-order valence-electron chi connectivity index (χ2n) is 7.08. The third-order valence-corrected chi connectivity index (χ3v) is 5.78. The van der Waals surface area contributed by atoms with Gasteiger partial charge in [-0.05, 0) is 24.3 Å². The van der Waals surface area contributed by atoms with Crippen molar-refractivity contribution >= 4 is 29.3 Å². The van der Waals surface area contributed by atoms with E-state index in [2.05, 4.69) is 10.2 Å². The monoisotopic (exact) mass is 458 g/mol. The topological polar surface area (TPSA) is 77.3 Å². The summed E-state index contributed by atoms with van der Waals surface area (Å²) in [7, 11) is 1.65. The number of esters is 1. The number of rotatable bonds is 8. The second kappa shape index (κ2) is 10.6. The van der Waals surface area contributed by atoms with E-state index in [-0.39, 0.29) is 18.3 Å². The maximum absolute atomic E-state index is 12.3. The average Bonchev–Trinajstić information content (AvgIpc) is 3.31. The molecule has 0 aliphatic carbocycles. The first kappa shape index (κ1) is 22.3. The van der Waals surface area contributed by atoms with E-state index in [1.165, 1.54) is 16.7 Å². The number of hydrogen-bond donors (Lipinski definition) is 0. The number of anilines is 1. The number of benzene rings is 3. The molecule has 0 aliphatic rings. The van der Waals surface area contributed by atoms with Gasteiger partial charge in [0, 0.05) is 24.0 Å². The van der Waals surface area contributed by atoms with Crippen LogP contribution in [0.1, 0.15) is 0 Å². The highest BCUT2D eigenvalue weighted by Crippen LogP contribution is 2.27. The lowest BCUT2D eigenvalue weighted by molar-refractivity contribution is -0.145. The van der Waals surface area contributed by atoms with Gasteiger partial charge in [-0.3, -0.25) is 14.2 Å². The molecule has 4 aromatic rings. The van der Waals surface area contributed by atoms with E-state index >= 15 is 0 Å². The lowest BCUT2D eigenvalue weighted by Gasteiger charge is -2.17. The van der Waals surface area contributed by atoms with Crippen molar-refractivity contribution in [2.45, 2.75) is 5.16 Å². The molecule has 1 heterocycles. The first-order valence-electron chi connectivity index (χ1n) is 10.3. The van der Waals surface area contributed by atoms with Crippen LogP contribution in [0.25, 0.3) is 17.1 Å². The Bertz CT molecular complexity index is 1210. The van der Waals surface area contributed by atoms with E-state index in [1.54, 1.807) is 7.05 Å². The summed E-state index contributed by atoms with van der Waals surface area (Å²) >= 11 is 1.21. The molecule has 0 aliphatic heterocycles. The minimum absolute atomic E-state index is 0.00207. The Morgan fingerprint density at radius 1 is 0.879 bits per heavy atom. The zero-order valence-electron chi connectivity index (χ0n) is 18.0. The van der Waals surface area contributed by atoms with Crippen LogP contribution < -0.4 is 4.90 Å². The van der Waals surface area contributed by atoms with Gasteiger partial charge in [-0.15, -0.1) is 10.2 Å². The quantitative estimate of drug-likeness (QED) is 0.290. The summed E-state index contributed by atoms with van der Waals surface area (Å²) in [5.74, 6) is -0.128. The molecule has 0 N–H and O–H groups in total. The van der Waals surface area contributed by atoms with Gasteiger partial charge in [0.25, 0.3) is 5.91 Å². The summed E-state index contributed by atoms with van der Waals surface area (Å²) in [6.07, 6.45) is 0. The summed E-state index contributed by atoms with van der Waals surface area (Å²) in [6, 6.07) is 28.6. The zero-order valence-corrected chi connectivity index (χ0v) is 18.8. The average molecular weight is 459 g/mol. The zero-order chi connectivity index (χ0) is 23.0. The van der Waals surface area contributed by atoms with E-state index < -0.39 is 5.97 Å². The predicted molar refractivity (Wildman–Crippen MR) is 128 cm³/mol. The fourth-order valence-corrected chi connectivity index (χ4v) is 3.90. The minimum Gasteiger partial charge on any atom is -0.455 e. The van der Waals surface area contributed by atoms with Crippen LogP contribution in [-0.4, -0.2) is 46.0 Å². The molecular formula is C25H22N4O3S. The SMILES string of the molecule is CN(C(=O)COC(=O)CSc1nnc(-c2ccccc2)n1-c1ccccc1)c1ccccc1. The number of carbonyl (C=O) groups is 2. The first-order chi connectivity index (χ1) is 16.1. The summed E-state index contributed by atoms with van der Waals surface area (Å²) in [5, 5.41) is 9.21. The van der Waals surface area contributed by atoms with Crippen molar-refractivity contribution in [3.63, 3.8) is 0 Å². The van der Waals surface area contributed by atoms with Gasteiger partial charge in [0.05, 0.1) is 5.75 Å². The van der Waals surface area contributed by atoms with E-state index in [4.69, 9.17) is 4.74 Å². The van der Waals surface area contributed by atoms with Crippen LogP contribution >= 0.6 is 11.8 Å². The Labute approximate surface area is 196 Å². The molecule has 0 bridgehead atoms. The van der Waals surface area contributed by atoms with Crippen LogP contribution in [0.5, 0.6) is 0 Å². The standard InChI is InChI=1S/C25H22N4O3S/c1-28(20-13-7-3-8-14-20)22(30)17-32-23(31)18-33-25-27-26-24(19-11-5-2-6-12-19)29(25)21-15-9-4-10-16-21/h2-16H,17-18H2,1H3. The maximum Gasteiger partial charge on any atom is 0.316 e. The molecule has 33 heavy (non-hydrogen) atoms. The van der Waals surface area contributed by atoms with E-state index in [9.17, 15) is 9.59 Å². The van der Waals surface area contributed by atoms with Crippen LogP contribution in [-0.2, 0) is 14.3 Å². The molecule has 0 spiro atoms. The number of ether oxygens (including phenoxy) is 1. The number of para-hydroxylation sites is 2. The van der Waals surface area contributed by atoms with Crippen LogP contribution in [0.4, 0.5) is 5.69 Å². The molecule has 0 saturated carbocycles. The van der Waals surface area contributed by atoms with Gasteiger partial charge in [0.15, 0.2) is 17.6 Å². The smallest absolute Gasteiger partial charge is 0.316 e. The highest BCUT2D eigenvalue weighted by Gasteiger charge is 2.18. The van der Waals surface area contributed by atoms with Gasteiger partial charge in [-0.1, -0.05) is 78.5 Å². The van der Waals surface area contributed by atoms with Gasteiger partial charge < -0.3 is 9.64 Å². The lowest BCUT2D eigenvalue weighted by Crippen LogP contribution is -2.31. The predicted octanol–water partition coefficient (Wildman–Crippen LogP) is 4.23. The van der Waals surface area contributed by atoms with Gasteiger partial charge in [-0.25, -0.2) is 0 Å². The van der Waals surface area contributed by atoms with Crippen LogP contribution in [0.15, 0.2) is 96.2 Å². The number of thioether (sulfide) groups is 1. The Hall–Kier alpha value is -3.91. The maximum atomic E-state index is 12.3. The summed E-state index contributed by atoms with van der Waals surface area (Å²) in [6.45, 7) is -0.328. The number of likely N-dealkylation sites (N-methyl/N-ethyl adjacent to an activating group) is 1. The van der Waals surface area contributed by atoms with Gasteiger partial charge in [-0.2, -0.15) is 0 Å². The van der Waals surface area contributed by atoms with Crippen molar-refractivity contribution in [1.82, 2.24) is 14.8 Å². The molecule has 3 aromatic carbocycles. The Morgan fingerprint density at radius 3 is 2.15 bits per heavy atom. The van der Waals surface area contributed by atoms with Gasteiger partial charge >= 0.3 is 5.97 Å². The lowest BCUT2D eigenvalue weighted by atomic mass is 10.2. The number of aromatic nitrogens is 3. The van der Waals surface area contributed by atoms with Crippen molar-refractivity contribution in [3.05, 3.63) is 91.0 Å². The number of carbonyl (C=O) groups excluding carboxylic acids is 2. The summed E-state index contributed by atoms with van der Waals surface area (Å²) in [5.41, 5.74) is 2.53. The summed E-state index contributed by atoms with van der Waals surface area (Å²) in [4.78, 5) is 26.1. The third-order valence-electron chi connectivity index (χ3n) is 4.87. The second-order valence-corrected chi connectivity index (χ2v) is 8.02. The highest BCUT2D eigenvalue weighted by molar-refractivity contribution is 7.99. The van der Waals surface area contributed by atoms with Crippen LogP contribution in [0.2, 0.25) is 0 Å². The molecular weight excluding hydrogens is 436 g/mol. The third kappa shape index (κ3) is 5.48. The molecule has 1 aromatic heterocycles. The van der Waals surface area contributed by atoms with Crippen molar-refractivity contribution in [1.29, 1.82) is 0 Å². The molecule has 7 nitrogen and oxygen atoms in total. The molecule has 8 heteroatoms. The Balaban J connectivity index is 1.42. The number of nitrogens with zero attached hydrogens (tertiary/aromatic N) is 4. The normalized spacial score (nSPS) is 10.6. The van der Waals surface area contributed by atoms with Crippen molar-refractivity contribution in [3.8, 4) is 17.1 Å². The van der Waals surface area contributed by atoms with Crippen molar-refractivity contribution in [2.24, 2.45) is 0 Å². The molecule has 0 unspecified atom stereocenters. The van der Waals surface area contributed by atoms with Gasteiger partial charge in [0.2, 0.25) is 0 Å². The van der Waals surface area contributed by atoms with E-state index in [0.29, 0.717) is 11.0 Å². The molecule has 166 valence electrons. The first-order valence-corrected chi connectivity index (χ1v) is 11.3. The largest absolute Gasteiger partial charge is 0.455 e. The van der Waals surface area contributed by atoms with Crippen LogP contribution in [0.3, 0.4) is 0 Å². The summed E-state index contributed by atoms with van der Waals surface area (Å²) < 4.78 is 7.10.